The highest BCUT2D eigenvalue weighted by atomic mass is 16.3. The molecule has 1 heteroatoms. The maximum Gasteiger partial charge on any atom is 0.0802 e. The standard InChI is InChI=1S/C20H34O/c1-17(2)11-9-14-19(5)13-7-8-15-20(6,21)16-10-12-18(3)4/h8,11-13,15,21H,7,9-10,14,16H2,1-6H3/b15-8-,19-13-. The molecule has 0 saturated carbocycles. The molecular weight excluding hydrogens is 256 g/mol. The molecule has 0 saturated heterocycles. The summed E-state index contributed by atoms with van der Waals surface area (Å²) in [5, 5.41) is 10.3. The van der Waals surface area contributed by atoms with Gasteiger partial charge in [0.25, 0.3) is 0 Å². The number of hydrogen-bond donors (Lipinski definition) is 1. The summed E-state index contributed by atoms with van der Waals surface area (Å²) in [6.45, 7) is 12.5. The molecule has 0 aromatic carbocycles. The normalized spacial score (nSPS) is 14.9. The first-order chi connectivity index (χ1) is 9.73. The molecule has 0 aliphatic heterocycles. The largest absolute Gasteiger partial charge is 0.386 e. The van der Waals surface area contributed by atoms with Crippen molar-refractivity contribution in [3.63, 3.8) is 0 Å². The minimum Gasteiger partial charge on any atom is -0.386 e. The van der Waals surface area contributed by atoms with E-state index in [-0.39, 0.29) is 0 Å². The molecule has 0 aromatic heterocycles. The van der Waals surface area contributed by atoms with E-state index in [9.17, 15) is 5.11 Å². The zero-order chi connectivity index (χ0) is 16.3. The first-order valence-electron chi connectivity index (χ1n) is 8.05. The molecular formula is C20H34O. The first-order valence-corrected chi connectivity index (χ1v) is 8.05. The van der Waals surface area contributed by atoms with Crippen LogP contribution in [0.2, 0.25) is 0 Å². The summed E-state index contributed by atoms with van der Waals surface area (Å²) < 4.78 is 0. The molecule has 1 atom stereocenters. The van der Waals surface area contributed by atoms with Gasteiger partial charge >= 0.3 is 0 Å². The monoisotopic (exact) mass is 290 g/mol. The van der Waals surface area contributed by atoms with Crippen LogP contribution in [0, 0.1) is 0 Å². The molecule has 0 amide bonds. The van der Waals surface area contributed by atoms with Gasteiger partial charge < -0.3 is 5.11 Å². The molecule has 0 heterocycles. The predicted octanol–water partition coefficient (Wildman–Crippen LogP) is 6.12. The van der Waals surface area contributed by atoms with Gasteiger partial charge in [0, 0.05) is 0 Å². The summed E-state index contributed by atoms with van der Waals surface area (Å²) in [6, 6.07) is 0. The van der Waals surface area contributed by atoms with Crippen molar-refractivity contribution >= 4 is 0 Å². The van der Waals surface area contributed by atoms with Crippen molar-refractivity contribution in [1.82, 2.24) is 0 Å². The van der Waals surface area contributed by atoms with Crippen LogP contribution in [0.1, 0.15) is 73.6 Å². The van der Waals surface area contributed by atoms with E-state index in [1.54, 1.807) is 0 Å². The topological polar surface area (TPSA) is 20.2 Å². The van der Waals surface area contributed by atoms with Crippen LogP contribution in [0.4, 0.5) is 0 Å². The first kappa shape index (κ1) is 19.9. The molecule has 0 aliphatic carbocycles. The fourth-order valence-corrected chi connectivity index (χ4v) is 2.02. The molecule has 0 aliphatic rings. The number of rotatable bonds is 9. The maximum atomic E-state index is 10.3. The third-order valence-corrected chi connectivity index (χ3v) is 3.37. The SMILES string of the molecule is CC(C)=CCC/C(C)=C\C/C=C\C(C)(O)CCC=C(C)C. The highest BCUT2D eigenvalue weighted by Gasteiger charge is 2.14. The molecule has 0 rings (SSSR count). The maximum absolute atomic E-state index is 10.3. The van der Waals surface area contributed by atoms with Crippen molar-refractivity contribution in [2.24, 2.45) is 0 Å². The van der Waals surface area contributed by atoms with Gasteiger partial charge in [0.2, 0.25) is 0 Å². The second-order valence-corrected chi connectivity index (χ2v) is 6.69. The van der Waals surface area contributed by atoms with E-state index in [0.29, 0.717) is 0 Å². The Morgan fingerprint density at radius 2 is 1.48 bits per heavy atom. The average Bonchev–Trinajstić information content (AvgIpc) is 2.33. The van der Waals surface area contributed by atoms with Crippen LogP contribution in [0.5, 0.6) is 0 Å². The Bertz CT molecular complexity index is 398. The average molecular weight is 290 g/mol. The molecule has 0 spiro atoms. The lowest BCUT2D eigenvalue weighted by molar-refractivity contribution is 0.103. The Kier molecular flexibility index (Phi) is 10.1. The van der Waals surface area contributed by atoms with Crippen molar-refractivity contribution in [2.45, 2.75) is 79.2 Å². The zero-order valence-electron chi connectivity index (χ0n) is 14.9. The highest BCUT2D eigenvalue weighted by molar-refractivity contribution is 5.07. The quantitative estimate of drug-likeness (QED) is 0.507. The van der Waals surface area contributed by atoms with Gasteiger partial charge in [-0.05, 0) is 73.6 Å². The van der Waals surface area contributed by atoms with E-state index in [0.717, 1.165) is 32.1 Å². The van der Waals surface area contributed by atoms with Gasteiger partial charge in [0.15, 0.2) is 0 Å². The van der Waals surface area contributed by atoms with Crippen molar-refractivity contribution in [3.05, 3.63) is 47.1 Å². The van der Waals surface area contributed by atoms with Crippen molar-refractivity contribution < 1.29 is 5.11 Å². The van der Waals surface area contributed by atoms with Crippen LogP contribution in [0.15, 0.2) is 47.1 Å². The third-order valence-electron chi connectivity index (χ3n) is 3.37. The van der Waals surface area contributed by atoms with Gasteiger partial charge in [-0.15, -0.1) is 0 Å². The van der Waals surface area contributed by atoms with E-state index in [2.05, 4.69) is 58.9 Å². The number of aliphatic hydroxyl groups is 1. The summed E-state index contributed by atoms with van der Waals surface area (Å²) >= 11 is 0. The van der Waals surface area contributed by atoms with Crippen LogP contribution in [-0.2, 0) is 0 Å². The van der Waals surface area contributed by atoms with E-state index in [1.807, 2.05) is 13.0 Å². The molecule has 0 aromatic rings. The second-order valence-electron chi connectivity index (χ2n) is 6.69. The molecule has 1 nitrogen and oxygen atoms in total. The molecule has 120 valence electrons. The lowest BCUT2D eigenvalue weighted by atomic mass is 9.98. The van der Waals surface area contributed by atoms with Gasteiger partial charge in [0.05, 0.1) is 5.60 Å². The Morgan fingerprint density at radius 1 is 0.905 bits per heavy atom. The summed E-state index contributed by atoms with van der Waals surface area (Å²) in [7, 11) is 0. The molecule has 1 N–H and O–H groups in total. The summed E-state index contributed by atoms with van der Waals surface area (Å²) in [4.78, 5) is 0. The molecule has 21 heavy (non-hydrogen) atoms. The van der Waals surface area contributed by atoms with Crippen LogP contribution >= 0.6 is 0 Å². The van der Waals surface area contributed by atoms with E-state index >= 15 is 0 Å². The zero-order valence-corrected chi connectivity index (χ0v) is 14.9. The summed E-state index contributed by atoms with van der Waals surface area (Å²) in [6.07, 6.45) is 15.6. The molecule has 0 radical (unpaired) electrons. The van der Waals surface area contributed by atoms with Gasteiger partial charge in [-0.3, -0.25) is 0 Å². The lowest BCUT2D eigenvalue weighted by Crippen LogP contribution is -2.19. The fraction of sp³-hybridized carbons (Fsp3) is 0.600. The Hall–Kier alpha value is -1.08. The van der Waals surface area contributed by atoms with E-state index in [1.165, 1.54) is 16.7 Å². The van der Waals surface area contributed by atoms with E-state index < -0.39 is 5.60 Å². The van der Waals surface area contributed by atoms with Crippen LogP contribution in [0.25, 0.3) is 0 Å². The smallest absolute Gasteiger partial charge is 0.0802 e. The number of hydrogen-bond acceptors (Lipinski definition) is 1. The Labute approximate surface area is 132 Å². The predicted molar refractivity (Wildman–Crippen MR) is 95.5 cm³/mol. The molecule has 0 bridgehead atoms. The highest BCUT2D eigenvalue weighted by Crippen LogP contribution is 2.16. The van der Waals surface area contributed by atoms with Crippen molar-refractivity contribution in [3.8, 4) is 0 Å². The third kappa shape index (κ3) is 13.7. The van der Waals surface area contributed by atoms with Gasteiger partial charge in [-0.1, -0.05) is 47.1 Å². The Balaban J connectivity index is 4.12. The van der Waals surface area contributed by atoms with E-state index in [4.69, 9.17) is 0 Å². The summed E-state index contributed by atoms with van der Waals surface area (Å²) in [5.74, 6) is 0. The molecule has 0 fully saturated rings. The van der Waals surface area contributed by atoms with Crippen LogP contribution < -0.4 is 0 Å². The summed E-state index contributed by atoms with van der Waals surface area (Å²) in [5.41, 5.74) is 3.41. The number of allylic oxidation sites excluding steroid dienone is 7. The lowest BCUT2D eigenvalue weighted by Gasteiger charge is -2.17. The second kappa shape index (κ2) is 10.6. The van der Waals surface area contributed by atoms with Crippen LogP contribution in [-0.4, -0.2) is 10.7 Å². The minimum atomic E-state index is -0.699. The van der Waals surface area contributed by atoms with Crippen molar-refractivity contribution in [2.75, 3.05) is 0 Å². The fourth-order valence-electron chi connectivity index (χ4n) is 2.02. The molecule has 1 unspecified atom stereocenters. The van der Waals surface area contributed by atoms with Crippen molar-refractivity contribution in [1.29, 1.82) is 0 Å². The van der Waals surface area contributed by atoms with Crippen LogP contribution in [0.3, 0.4) is 0 Å². The van der Waals surface area contributed by atoms with Gasteiger partial charge in [0.1, 0.15) is 0 Å². The Morgan fingerprint density at radius 3 is 2.05 bits per heavy atom. The minimum absolute atomic E-state index is 0.699. The van der Waals surface area contributed by atoms with Gasteiger partial charge in [-0.2, -0.15) is 0 Å². The van der Waals surface area contributed by atoms with Gasteiger partial charge in [-0.25, -0.2) is 0 Å².